The summed E-state index contributed by atoms with van der Waals surface area (Å²) in [5.41, 5.74) is 2.02. The van der Waals surface area contributed by atoms with Crippen LogP contribution in [0.1, 0.15) is 23.4 Å². The van der Waals surface area contributed by atoms with Gasteiger partial charge in [-0.15, -0.1) is 0 Å². The summed E-state index contributed by atoms with van der Waals surface area (Å²) in [5.74, 6) is -0.922. The summed E-state index contributed by atoms with van der Waals surface area (Å²) in [6.07, 6.45) is 1.36. The molecule has 274 valence electrons. The van der Waals surface area contributed by atoms with E-state index in [1.807, 2.05) is 24.3 Å². The van der Waals surface area contributed by atoms with Crippen LogP contribution in [-0.2, 0) is 34.1 Å². The molecule has 2 saturated heterocycles. The third-order valence-electron chi connectivity index (χ3n) is 8.49. The largest absolute Gasteiger partial charge is 0.421 e. The van der Waals surface area contributed by atoms with Crippen LogP contribution in [-0.4, -0.2) is 96.2 Å². The van der Waals surface area contributed by atoms with Crippen molar-refractivity contribution in [2.24, 2.45) is 0 Å². The molecule has 0 saturated carbocycles. The third kappa shape index (κ3) is 8.62. The number of hydrogen-bond donors (Lipinski definition) is 3. The van der Waals surface area contributed by atoms with Crippen molar-refractivity contribution in [3.63, 3.8) is 0 Å². The number of carbonyl (C=O) groups is 2. The van der Waals surface area contributed by atoms with Crippen LogP contribution in [0.25, 0.3) is 0 Å². The standard InChI is InChI=1S/C32H35F3N12O4S/c1-44(52(2,50)51)29-26(36-10-11-37-29)19-39-28-25(32(33,34)35)18-40-30(43-28)41-21-3-6-23(7-4-21)46-15-13-45(14-16-46)20-22-5-8-24(17-38-22)47-12-9-27(48)42-31(47)49/h3-8,10-11,17-18H,9,12-16,19-20H2,1-2H3,(H,42,48,49)(H2,39,40,41,43). The highest BCUT2D eigenvalue weighted by Gasteiger charge is 2.35. The van der Waals surface area contributed by atoms with Gasteiger partial charge in [-0.05, 0) is 36.4 Å². The number of alkyl halides is 3. The third-order valence-corrected chi connectivity index (χ3v) is 9.65. The summed E-state index contributed by atoms with van der Waals surface area (Å²) in [6.45, 7) is 3.76. The molecule has 3 N–H and O–H groups in total. The lowest BCUT2D eigenvalue weighted by Crippen LogP contribution is -2.49. The Balaban J connectivity index is 1.05. The van der Waals surface area contributed by atoms with Crippen LogP contribution in [0.5, 0.6) is 0 Å². The minimum Gasteiger partial charge on any atom is -0.369 e. The Morgan fingerprint density at radius 3 is 2.27 bits per heavy atom. The number of carbonyl (C=O) groups excluding carboxylic acids is 2. The molecule has 2 aliphatic rings. The SMILES string of the molecule is CN(c1nccnc1CNc1nc(Nc2ccc(N3CCN(Cc4ccc(N5CCC(=O)NC5=O)cn4)CC3)cc2)ncc1C(F)(F)F)S(C)(=O)=O. The van der Waals surface area contributed by atoms with Crippen LogP contribution < -0.4 is 30.1 Å². The molecule has 20 heteroatoms. The van der Waals surface area contributed by atoms with Gasteiger partial charge in [0.2, 0.25) is 21.9 Å². The van der Waals surface area contributed by atoms with Crippen molar-refractivity contribution in [1.29, 1.82) is 0 Å². The Labute approximate surface area is 297 Å². The summed E-state index contributed by atoms with van der Waals surface area (Å²) in [4.78, 5) is 50.1. The van der Waals surface area contributed by atoms with Crippen molar-refractivity contribution >= 4 is 56.6 Å². The van der Waals surface area contributed by atoms with E-state index in [0.717, 1.165) is 48.1 Å². The Morgan fingerprint density at radius 1 is 0.904 bits per heavy atom. The second-order valence-electron chi connectivity index (χ2n) is 12.1. The molecule has 0 aliphatic carbocycles. The molecular weight excluding hydrogens is 705 g/mol. The van der Waals surface area contributed by atoms with Crippen LogP contribution in [0.15, 0.2) is 61.2 Å². The van der Waals surface area contributed by atoms with E-state index in [1.165, 1.54) is 24.3 Å². The summed E-state index contributed by atoms with van der Waals surface area (Å²) in [7, 11) is -2.43. The number of pyridine rings is 1. The van der Waals surface area contributed by atoms with Gasteiger partial charge in [0, 0.05) is 82.7 Å². The molecule has 4 aromatic rings. The summed E-state index contributed by atoms with van der Waals surface area (Å²) in [6, 6.07) is 10.6. The lowest BCUT2D eigenvalue weighted by molar-refractivity contribution is -0.137. The van der Waals surface area contributed by atoms with Crippen LogP contribution >= 0.6 is 0 Å². The van der Waals surface area contributed by atoms with Crippen LogP contribution in [0, 0.1) is 0 Å². The number of imide groups is 1. The van der Waals surface area contributed by atoms with E-state index in [9.17, 15) is 31.2 Å². The molecule has 0 atom stereocenters. The van der Waals surface area contributed by atoms with Crippen molar-refractivity contribution in [1.82, 2.24) is 35.1 Å². The Hall–Kier alpha value is -5.63. The van der Waals surface area contributed by atoms with Crippen molar-refractivity contribution in [2.75, 3.05) is 70.8 Å². The number of rotatable bonds is 11. The van der Waals surface area contributed by atoms with Gasteiger partial charge >= 0.3 is 12.2 Å². The Morgan fingerprint density at radius 2 is 1.62 bits per heavy atom. The van der Waals surface area contributed by atoms with E-state index in [4.69, 9.17) is 0 Å². The maximum Gasteiger partial charge on any atom is 0.421 e. The van der Waals surface area contributed by atoms with Gasteiger partial charge in [-0.1, -0.05) is 0 Å². The van der Waals surface area contributed by atoms with Crippen LogP contribution in [0.3, 0.4) is 0 Å². The highest BCUT2D eigenvalue weighted by molar-refractivity contribution is 7.92. The van der Waals surface area contributed by atoms with E-state index in [0.29, 0.717) is 30.7 Å². The number of nitrogens with one attached hydrogen (secondary N) is 3. The molecule has 0 spiro atoms. The van der Waals surface area contributed by atoms with E-state index < -0.39 is 33.6 Å². The predicted octanol–water partition coefficient (Wildman–Crippen LogP) is 3.20. The average Bonchev–Trinajstić information content (AvgIpc) is 3.11. The number of urea groups is 1. The topological polar surface area (TPSA) is 182 Å². The van der Waals surface area contributed by atoms with Crippen molar-refractivity contribution in [2.45, 2.75) is 25.7 Å². The molecule has 2 fully saturated rings. The fourth-order valence-electron chi connectivity index (χ4n) is 5.61. The fourth-order valence-corrected chi connectivity index (χ4v) is 6.08. The number of piperazine rings is 1. The number of sulfonamides is 1. The first kappa shape index (κ1) is 36.2. The van der Waals surface area contributed by atoms with Gasteiger partial charge in [-0.2, -0.15) is 18.2 Å². The lowest BCUT2D eigenvalue weighted by atomic mass is 10.2. The fraction of sp³-hybridized carbons (Fsp3) is 0.344. The molecule has 3 amide bonds. The first-order valence-electron chi connectivity index (χ1n) is 16.1. The molecule has 1 aromatic carbocycles. The minimum absolute atomic E-state index is 0.0335. The zero-order valence-electron chi connectivity index (χ0n) is 28.1. The molecule has 0 unspecified atom stereocenters. The Kier molecular flexibility index (Phi) is 10.4. The quantitative estimate of drug-likeness (QED) is 0.204. The molecule has 0 bridgehead atoms. The van der Waals surface area contributed by atoms with E-state index in [2.05, 4.69) is 50.7 Å². The number of anilines is 6. The Bertz CT molecular complexity index is 2030. The van der Waals surface area contributed by atoms with Gasteiger partial charge in [-0.3, -0.25) is 34.2 Å². The summed E-state index contributed by atoms with van der Waals surface area (Å²) >= 11 is 0. The summed E-state index contributed by atoms with van der Waals surface area (Å²) in [5, 5.41) is 7.88. The second kappa shape index (κ2) is 14.9. The molecule has 6 rings (SSSR count). The molecule has 5 heterocycles. The number of hydrogen-bond acceptors (Lipinski definition) is 13. The number of nitrogens with zero attached hydrogens (tertiary/aromatic N) is 9. The predicted molar refractivity (Wildman–Crippen MR) is 187 cm³/mol. The van der Waals surface area contributed by atoms with Gasteiger partial charge < -0.3 is 15.5 Å². The lowest BCUT2D eigenvalue weighted by Gasteiger charge is -2.36. The second-order valence-corrected chi connectivity index (χ2v) is 14.1. The maximum atomic E-state index is 13.9. The number of benzene rings is 1. The zero-order valence-corrected chi connectivity index (χ0v) is 28.9. The number of halogens is 3. The van der Waals surface area contributed by atoms with Crippen molar-refractivity contribution < 1.29 is 31.2 Å². The van der Waals surface area contributed by atoms with Crippen molar-refractivity contribution in [3.8, 4) is 0 Å². The minimum atomic E-state index is -4.77. The highest BCUT2D eigenvalue weighted by Crippen LogP contribution is 2.35. The van der Waals surface area contributed by atoms with Gasteiger partial charge in [0.05, 0.1) is 30.4 Å². The van der Waals surface area contributed by atoms with Gasteiger partial charge in [-0.25, -0.2) is 23.2 Å². The first-order valence-corrected chi connectivity index (χ1v) is 17.9. The number of amides is 3. The highest BCUT2D eigenvalue weighted by atomic mass is 32.2. The van der Waals surface area contributed by atoms with E-state index >= 15 is 0 Å². The van der Waals surface area contributed by atoms with Crippen LogP contribution in [0.2, 0.25) is 0 Å². The smallest absolute Gasteiger partial charge is 0.369 e. The van der Waals surface area contributed by atoms with E-state index in [-0.39, 0.29) is 36.3 Å². The number of aromatic nitrogens is 5. The maximum absolute atomic E-state index is 13.9. The van der Waals surface area contributed by atoms with Crippen molar-refractivity contribution in [3.05, 3.63) is 78.1 Å². The monoisotopic (exact) mass is 740 g/mol. The summed E-state index contributed by atoms with van der Waals surface area (Å²) < 4.78 is 66.6. The molecule has 3 aromatic heterocycles. The first-order chi connectivity index (χ1) is 24.7. The molecule has 0 radical (unpaired) electrons. The molecule has 2 aliphatic heterocycles. The van der Waals surface area contributed by atoms with E-state index in [1.54, 1.807) is 18.3 Å². The zero-order chi connectivity index (χ0) is 37.0. The average molecular weight is 741 g/mol. The van der Waals surface area contributed by atoms with Gasteiger partial charge in [0.25, 0.3) is 0 Å². The molecule has 16 nitrogen and oxygen atoms in total. The van der Waals surface area contributed by atoms with Crippen LogP contribution in [0.4, 0.5) is 52.6 Å². The van der Waals surface area contributed by atoms with Gasteiger partial charge in [0.15, 0.2) is 5.82 Å². The van der Waals surface area contributed by atoms with Gasteiger partial charge in [0.1, 0.15) is 17.1 Å². The molecule has 52 heavy (non-hydrogen) atoms. The normalized spacial score (nSPS) is 15.7. The molecular formula is C32H35F3N12O4S.